The summed E-state index contributed by atoms with van der Waals surface area (Å²) in [5, 5.41) is 0. The van der Waals surface area contributed by atoms with E-state index in [4.69, 9.17) is 57.8 Å². The van der Waals surface area contributed by atoms with Crippen molar-refractivity contribution in [3.05, 3.63) is 24.3 Å². The number of nitrogens with two attached hydrogens (primary N) is 1. The van der Waals surface area contributed by atoms with Gasteiger partial charge in [-0.1, -0.05) is 84.0 Å². The summed E-state index contributed by atoms with van der Waals surface area (Å²) >= 11 is 0. The van der Waals surface area contributed by atoms with Crippen LogP contribution in [0.25, 0.3) is 0 Å². The molecule has 0 heterocycles. The van der Waals surface area contributed by atoms with Crippen LogP contribution in [0, 0.1) is 0 Å². The molecule has 1 aromatic carbocycles. The van der Waals surface area contributed by atoms with Crippen LogP contribution in [0.4, 0.5) is 5.69 Å². The van der Waals surface area contributed by atoms with Crippen molar-refractivity contribution in [3.8, 4) is 5.75 Å². The minimum Gasteiger partial charge on any atom is -0.491 e. The Morgan fingerprint density at radius 1 is 0.400 bits per heavy atom. The minimum atomic E-state index is -0.133. The number of ether oxygens (including phenoxy) is 11. The Morgan fingerprint density at radius 2 is 0.691 bits per heavy atom. The third-order valence-electron chi connectivity index (χ3n) is 8.33. The molecule has 0 amide bonds. The molecule has 13 heteroatoms. The van der Waals surface area contributed by atoms with Gasteiger partial charge >= 0.3 is 5.97 Å². The topological polar surface area (TPSA) is 145 Å². The molecule has 0 aromatic heterocycles. The summed E-state index contributed by atoms with van der Waals surface area (Å²) in [5.41, 5.74) is 6.36. The number of unbranched alkanes of at least 4 members (excludes halogenated alkanes) is 12. The number of nitrogen functional groups attached to an aromatic ring is 1. The van der Waals surface area contributed by atoms with Crippen molar-refractivity contribution >= 4 is 11.7 Å². The third kappa shape index (κ3) is 39.9. The van der Waals surface area contributed by atoms with Crippen LogP contribution in [0.15, 0.2) is 24.3 Å². The molecule has 0 atom stereocenters. The van der Waals surface area contributed by atoms with Gasteiger partial charge in [-0.2, -0.15) is 0 Å². The van der Waals surface area contributed by atoms with E-state index in [0.29, 0.717) is 138 Å². The Kier molecular flexibility index (Phi) is 39.9. The predicted molar refractivity (Wildman–Crippen MR) is 215 cm³/mol. The lowest BCUT2D eigenvalue weighted by Gasteiger charge is -2.09. The van der Waals surface area contributed by atoms with Crippen molar-refractivity contribution in [2.24, 2.45) is 0 Å². The van der Waals surface area contributed by atoms with E-state index in [-0.39, 0.29) is 12.6 Å². The molecule has 0 saturated heterocycles. The van der Waals surface area contributed by atoms with Crippen molar-refractivity contribution < 1.29 is 56.9 Å². The lowest BCUT2D eigenvalue weighted by molar-refractivity contribution is -0.145. The van der Waals surface area contributed by atoms with Crippen molar-refractivity contribution in [2.45, 2.75) is 96.8 Å². The summed E-state index contributed by atoms with van der Waals surface area (Å²) in [6.45, 7) is 11.8. The van der Waals surface area contributed by atoms with E-state index in [1.54, 1.807) is 12.1 Å². The van der Waals surface area contributed by atoms with E-state index in [2.05, 4.69) is 6.92 Å². The Hall–Kier alpha value is -2.07. The molecule has 0 radical (unpaired) electrons. The average Bonchev–Trinajstić information content (AvgIpc) is 3.19. The highest BCUT2D eigenvalue weighted by Crippen LogP contribution is 2.14. The molecule has 1 rings (SSSR count). The van der Waals surface area contributed by atoms with E-state index in [1.165, 1.54) is 70.6 Å². The molecule has 13 nitrogen and oxygen atoms in total. The van der Waals surface area contributed by atoms with Crippen LogP contribution in [-0.2, 0) is 52.2 Å². The summed E-state index contributed by atoms with van der Waals surface area (Å²) < 4.78 is 60.2. The summed E-state index contributed by atoms with van der Waals surface area (Å²) in [5.74, 6) is 0.638. The molecule has 322 valence electrons. The first-order chi connectivity index (χ1) is 27.2. The average molecular weight is 788 g/mol. The second-order valence-corrected chi connectivity index (χ2v) is 13.1. The van der Waals surface area contributed by atoms with Crippen LogP contribution < -0.4 is 10.5 Å². The molecule has 0 saturated carbocycles. The normalized spacial score (nSPS) is 11.4. The number of carbonyl (C=O) groups is 1. The van der Waals surface area contributed by atoms with Gasteiger partial charge in [0.1, 0.15) is 19.0 Å². The van der Waals surface area contributed by atoms with Crippen LogP contribution >= 0.6 is 0 Å². The van der Waals surface area contributed by atoms with E-state index >= 15 is 0 Å². The van der Waals surface area contributed by atoms with Gasteiger partial charge in [0.05, 0.1) is 119 Å². The Labute approximate surface area is 332 Å². The van der Waals surface area contributed by atoms with E-state index in [0.717, 1.165) is 18.6 Å². The van der Waals surface area contributed by atoms with Gasteiger partial charge in [-0.05, 0) is 30.7 Å². The lowest BCUT2D eigenvalue weighted by atomic mass is 10.0. The zero-order valence-electron chi connectivity index (χ0n) is 34.3. The first-order valence-corrected chi connectivity index (χ1v) is 21.1. The van der Waals surface area contributed by atoms with Crippen molar-refractivity contribution in [1.82, 2.24) is 0 Å². The SMILES string of the molecule is CCCCCCCCCCCCCCCC(=O)OCCOCCOCCOCCOCCOCCOCCOCCOCCOCCOc1ccc(N)cc1. The molecule has 0 aliphatic rings. The maximum Gasteiger partial charge on any atom is 0.305 e. The first kappa shape index (κ1) is 50.9. The number of benzene rings is 1. The van der Waals surface area contributed by atoms with Crippen molar-refractivity contribution in [3.63, 3.8) is 0 Å². The summed E-state index contributed by atoms with van der Waals surface area (Å²) in [4.78, 5) is 11.9. The Bertz CT molecular complexity index is 911. The fourth-order valence-electron chi connectivity index (χ4n) is 5.22. The molecule has 0 bridgehead atoms. The fourth-order valence-corrected chi connectivity index (χ4v) is 5.22. The summed E-state index contributed by atoms with van der Waals surface area (Å²) in [6.07, 6.45) is 17.3. The van der Waals surface area contributed by atoms with Gasteiger partial charge in [0.2, 0.25) is 0 Å². The number of hydrogen-bond donors (Lipinski definition) is 1. The van der Waals surface area contributed by atoms with Gasteiger partial charge in [-0.15, -0.1) is 0 Å². The van der Waals surface area contributed by atoms with Gasteiger partial charge < -0.3 is 57.8 Å². The van der Waals surface area contributed by atoms with E-state index in [1.807, 2.05) is 12.1 Å². The summed E-state index contributed by atoms with van der Waals surface area (Å²) in [7, 11) is 0. The monoisotopic (exact) mass is 788 g/mol. The second kappa shape index (κ2) is 43.1. The summed E-state index contributed by atoms with van der Waals surface area (Å²) in [6, 6.07) is 7.27. The molecule has 2 N–H and O–H groups in total. The highest BCUT2D eigenvalue weighted by atomic mass is 16.6. The van der Waals surface area contributed by atoms with Gasteiger partial charge in [0.15, 0.2) is 0 Å². The molecule has 0 aliphatic carbocycles. The zero-order valence-corrected chi connectivity index (χ0v) is 34.3. The van der Waals surface area contributed by atoms with Crippen LogP contribution in [0.2, 0.25) is 0 Å². The molecule has 0 spiro atoms. The van der Waals surface area contributed by atoms with Gasteiger partial charge in [-0.25, -0.2) is 0 Å². The largest absolute Gasteiger partial charge is 0.491 e. The molecule has 1 aromatic rings. The smallest absolute Gasteiger partial charge is 0.305 e. The van der Waals surface area contributed by atoms with E-state index in [9.17, 15) is 4.79 Å². The molecular weight excluding hydrogens is 710 g/mol. The molecule has 0 fully saturated rings. The number of anilines is 1. The fraction of sp³-hybridized carbons (Fsp3) is 0.833. The Morgan fingerprint density at radius 3 is 1.04 bits per heavy atom. The van der Waals surface area contributed by atoms with Gasteiger partial charge in [0, 0.05) is 12.1 Å². The standard InChI is InChI=1S/C42H77NO12/c1-2-3-4-5-6-7-8-9-10-11-12-13-14-15-42(44)55-39-37-53-35-33-51-31-29-49-27-25-47-23-21-45-20-22-46-24-26-48-28-30-50-32-34-52-36-38-54-41-18-16-40(43)17-19-41/h16-19H,2-15,20-39,43H2,1H3. The van der Waals surface area contributed by atoms with Crippen LogP contribution in [0.3, 0.4) is 0 Å². The van der Waals surface area contributed by atoms with Gasteiger partial charge in [0.25, 0.3) is 0 Å². The van der Waals surface area contributed by atoms with Crippen molar-refractivity contribution in [2.75, 3.05) is 138 Å². The first-order valence-electron chi connectivity index (χ1n) is 21.1. The van der Waals surface area contributed by atoms with Crippen LogP contribution in [0.1, 0.15) is 96.8 Å². The van der Waals surface area contributed by atoms with E-state index < -0.39 is 0 Å². The second-order valence-electron chi connectivity index (χ2n) is 13.1. The maximum absolute atomic E-state index is 11.9. The zero-order chi connectivity index (χ0) is 39.4. The molecule has 55 heavy (non-hydrogen) atoms. The van der Waals surface area contributed by atoms with Crippen LogP contribution in [-0.4, -0.2) is 138 Å². The van der Waals surface area contributed by atoms with Gasteiger partial charge in [-0.3, -0.25) is 4.79 Å². The quantitative estimate of drug-likeness (QED) is 0.0420. The molecule has 0 unspecified atom stereocenters. The highest BCUT2D eigenvalue weighted by Gasteiger charge is 2.03. The predicted octanol–water partition coefficient (Wildman–Crippen LogP) is 6.82. The van der Waals surface area contributed by atoms with Crippen molar-refractivity contribution in [1.29, 1.82) is 0 Å². The lowest BCUT2D eigenvalue weighted by Crippen LogP contribution is -2.15. The molecule has 0 aliphatic heterocycles. The van der Waals surface area contributed by atoms with Crippen LogP contribution in [0.5, 0.6) is 5.75 Å². The number of esters is 1. The molecular formula is C42H77NO12. The maximum atomic E-state index is 11.9. The highest BCUT2D eigenvalue weighted by molar-refractivity contribution is 5.69. The number of rotatable bonds is 45. The Balaban J connectivity index is 1.64. The number of hydrogen-bond acceptors (Lipinski definition) is 13. The minimum absolute atomic E-state index is 0.133. The third-order valence-corrected chi connectivity index (χ3v) is 8.33. The number of carbonyl (C=O) groups excluding carboxylic acids is 1.